The first kappa shape index (κ1) is 13.9. The van der Waals surface area contributed by atoms with Crippen molar-refractivity contribution in [1.82, 2.24) is 4.90 Å². The molecule has 4 heteroatoms. The highest BCUT2D eigenvalue weighted by molar-refractivity contribution is 6.01. The molecule has 1 unspecified atom stereocenters. The van der Waals surface area contributed by atoms with Crippen molar-refractivity contribution in [2.24, 2.45) is 5.92 Å². The lowest BCUT2D eigenvalue weighted by atomic mass is 10.0. The van der Waals surface area contributed by atoms with Crippen molar-refractivity contribution in [1.29, 1.82) is 0 Å². The minimum Gasteiger partial charge on any atom is -0.507 e. The molecule has 1 saturated heterocycles. The van der Waals surface area contributed by atoms with Crippen LogP contribution >= 0.6 is 0 Å². The van der Waals surface area contributed by atoms with Gasteiger partial charge in [-0.15, -0.1) is 0 Å². The van der Waals surface area contributed by atoms with Gasteiger partial charge in [-0.1, -0.05) is 24.3 Å². The van der Waals surface area contributed by atoms with E-state index in [2.05, 4.69) is 0 Å². The maximum atomic E-state index is 12.6. The molecular formula is C17H19NO3. The Hall–Kier alpha value is -2.07. The molecule has 1 aliphatic heterocycles. The van der Waals surface area contributed by atoms with E-state index in [1.807, 2.05) is 24.3 Å². The minimum absolute atomic E-state index is 0.0318. The van der Waals surface area contributed by atoms with E-state index >= 15 is 0 Å². The molecule has 2 N–H and O–H groups in total. The largest absolute Gasteiger partial charge is 0.507 e. The van der Waals surface area contributed by atoms with Crippen molar-refractivity contribution in [3.63, 3.8) is 0 Å². The van der Waals surface area contributed by atoms with Crippen LogP contribution in [0.4, 0.5) is 0 Å². The third-order valence-electron chi connectivity index (χ3n) is 4.20. The van der Waals surface area contributed by atoms with Crippen LogP contribution in [0.5, 0.6) is 5.75 Å². The summed E-state index contributed by atoms with van der Waals surface area (Å²) in [5.74, 6) is 0.268. The van der Waals surface area contributed by atoms with Gasteiger partial charge < -0.3 is 15.1 Å². The molecule has 1 heterocycles. The number of phenols is 1. The van der Waals surface area contributed by atoms with Crippen molar-refractivity contribution in [3.05, 3.63) is 42.0 Å². The van der Waals surface area contributed by atoms with Gasteiger partial charge in [0.25, 0.3) is 5.91 Å². The summed E-state index contributed by atoms with van der Waals surface area (Å²) in [5, 5.41) is 21.0. The lowest BCUT2D eigenvalue weighted by molar-refractivity contribution is 0.0782. The predicted molar refractivity (Wildman–Crippen MR) is 81.3 cm³/mol. The van der Waals surface area contributed by atoms with Gasteiger partial charge in [-0.05, 0) is 41.7 Å². The van der Waals surface area contributed by atoms with E-state index in [0.717, 1.165) is 23.6 Å². The first-order chi connectivity index (χ1) is 10.2. The molecule has 2 aromatic carbocycles. The molecule has 1 aliphatic rings. The average molecular weight is 285 g/mol. The van der Waals surface area contributed by atoms with E-state index in [0.29, 0.717) is 24.6 Å². The fourth-order valence-electron chi connectivity index (χ4n) is 3.01. The molecule has 3 rings (SSSR count). The Labute approximate surface area is 123 Å². The number of hydrogen-bond donors (Lipinski definition) is 2. The number of benzene rings is 2. The number of phenolic OH excluding ortho intramolecular Hbond substituents is 1. The molecule has 0 spiro atoms. The molecule has 1 amide bonds. The van der Waals surface area contributed by atoms with Gasteiger partial charge in [0.2, 0.25) is 0 Å². The minimum atomic E-state index is -0.126. The summed E-state index contributed by atoms with van der Waals surface area (Å²) in [7, 11) is 0. The monoisotopic (exact) mass is 285 g/mol. The van der Waals surface area contributed by atoms with Gasteiger partial charge in [0.05, 0.1) is 5.56 Å². The number of amides is 1. The number of fused-ring (bicyclic) bond motifs is 1. The third kappa shape index (κ3) is 2.72. The SMILES string of the molecule is O=C(c1cc2ccccc2cc1O)N1CCC(CCO)C1. The fourth-order valence-corrected chi connectivity index (χ4v) is 3.01. The summed E-state index contributed by atoms with van der Waals surface area (Å²) >= 11 is 0. The number of carbonyl (C=O) groups is 1. The Bertz CT molecular complexity index is 668. The van der Waals surface area contributed by atoms with Crippen LogP contribution < -0.4 is 0 Å². The third-order valence-corrected chi connectivity index (χ3v) is 4.20. The molecule has 21 heavy (non-hydrogen) atoms. The molecule has 4 nitrogen and oxygen atoms in total. The van der Waals surface area contributed by atoms with E-state index in [-0.39, 0.29) is 18.3 Å². The smallest absolute Gasteiger partial charge is 0.257 e. The van der Waals surface area contributed by atoms with Crippen molar-refractivity contribution >= 4 is 16.7 Å². The van der Waals surface area contributed by atoms with Crippen molar-refractivity contribution in [2.75, 3.05) is 19.7 Å². The zero-order chi connectivity index (χ0) is 14.8. The maximum Gasteiger partial charge on any atom is 0.257 e. The van der Waals surface area contributed by atoms with Crippen LogP contribution in [-0.4, -0.2) is 40.7 Å². The summed E-state index contributed by atoms with van der Waals surface area (Å²) in [6.07, 6.45) is 1.65. The molecule has 0 aromatic heterocycles. The quantitative estimate of drug-likeness (QED) is 0.910. The van der Waals surface area contributed by atoms with Crippen LogP contribution in [0.2, 0.25) is 0 Å². The van der Waals surface area contributed by atoms with Gasteiger partial charge in [-0.25, -0.2) is 0 Å². The van der Waals surface area contributed by atoms with Crippen LogP contribution in [0.25, 0.3) is 10.8 Å². The zero-order valence-electron chi connectivity index (χ0n) is 11.8. The number of hydrogen-bond acceptors (Lipinski definition) is 3. The van der Waals surface area contributed by atoms with Crippen LogP contribution in [0, 0.1) is 5.92 Å². The number of likely N-dealkylation sites (tertiary alicyclic amines) is 1. The topological polar surface area (TPSA) is 60.8 Å². The lowest BCUT2D eigenvalue weighted by Gasteiger charge is -2.17. The predicted octanol–water partition coefficient (Wildman–Crippen LogP) is 2.39. The first-order valence-electron chi connectivity index (χ1n) is 7.31. The van der Waals surface area contributed by atoms with E-state index in [4.69, 9.17) is 5.11 Å². The molecule has 1 atom stereocenters. The Morgan fingerprint density at radius 2 is 1.95 bits per heavy atom. The van der Waals surface area contributed by atoms with E-state index in [1.54, 1.807) is 17.0 Å². The lowest BCUT2D eigenvalue weighted by Crippen LogP contribution is -2.28. The Balaban J connectivity index is 1.86. The molecule has 1 fully saturated rings. The van der Waals surface area contributed by atoms with Crippen molar-refractivity contribution in [2.45, 2.75) is 12.8 Å². The molecule has 0 saturated carbocycles. The number of aliphatic hydroxyl groups is 1. The highest BCUT2D eigenvalue weighted by atomic mass is 16.3. The van der Waals surface area contributed by atoms with Gasteiger partial charge in [-0.2, -0.15) is 0 Å². The summed E-state index contributed by atoms with van der Waals surface area (Å²) in [4.78, 5) is 14.3. The van der Waals surface area contributed by atoms with Gasteiger partial charge >= 0.3 is 0 Å². The van der Waals surface area contributed by atoms with E-state index in [9.17, 15) is 9.90 Å². The molecule has 0 aliphatic carbocycles. The molecule has 0 radical (unpaired) electrons. The number of nitrogens with zero attached hydrogens (tertiary/aromatic N) is 1. The Kier molecular flexibility index (Phi) is 3.80. The average Bonchev–Trinajstić information content (AvgIpc) is 2.95. The van der Waals surface area contributed by atoms with Crippen molar-refractivity contribution < 1.29 is 15.0 Å². The summed E-state index contributed by atoms with van der Waals surface area (Å²) in [5.41, 5.74) is 0.360. The molecule has 0 bridgehead atoms. The fraction of sp³-hybridized carbons (Fsp3) is 0.353. The van der Waals surface area contributed by atoms with Crippen LogP contribution in [0.3, 0.4) is 0 Å². The number of aliphatic hydroxyl groups excluding tert-OH is 1. The number of rotatable bonds is 3. The van der Waals surface area contributed by atoms with Crippen LogP contribution in [-0.2, 0) is 0 Å². The summed E-state index contributed by atoms with van der Waals surface area (Å²) in [6, 6.07) is 11.1. The number of carbonyl (C=O) groups excluding carboxylic acids is 1. The normalized spacial score (nSPS) is 18.3. The highest BCUT2D eigenvalue weighted by Gasteiger charge is 2.28. The zero-order valence-corrected chi connectivity index (χ0v) is 11.8. The number of aromatic hydroxyl groups is 1. The van der Waals surface area contributed by atoms with Gasteiger partial charge in [0.1, 0.15) is 5.75 Å². The molecule has 110 valence electrons. The maximum absolute atomic E-state index is 12.6. The van der Waals surface area contributed by atoms with Gasteiger partial charge in [-0.3, -0.25) is 4.79 Å². The second-order valence-corrected chi connectivity index (χ2v) is 5.63. The van der Waals surface area contributed by atoms with Gasteiger partial charge in [0, 0.05) is 19.7 Å². The molecule has 2 aromatic rings. The summed E-state index contributed by atoms with van der Waals surface area (Å²) < 4.78 is 0. The highest BCUT2D eigenvalue weighted by Crippen LogP contribution is 2.28. The standard InChI is InChI=1S/C17H19NO3/c19-8-6-12-5-7-18(11-12)17(21)15-9-13-3-1-2-4-14(13)10-16(15)20/h1-4,9-10,12,19-20H,5-8,11H2. The van der Waals surface area contributed by atoms with E-state index in [1.165, 1.54) is 0 Å². The second kappa shape index (κ2) is 5.74. The molecular weight excluding hydrogens is 266 g/mol. The van der Waals surface area contributed by atoms with Crippen molar-refractivity contribution in [3.8, 4) is 5.75 Å². The summed E-state index contributed by atoms with van der Waals surface area (Å²) in [6.45, 7) is 1.51. The first-order valence-corrected chi connectivity index (χ1v) is 7.31. The Morgan fingerprint density at radius 1 is 1.24 bits per heavy atom. The van der Waals surface area contributed by atoms with Crippen LogP contribution in [0.15, 0.2) is 36.4 Å². The Morgan fingerprint density at radius 3 is 2.67 bits per heavy atom. The van der Waals surface area contributed by atoms with E-state index < -0.39 is 0 Å². The second-order valence-electron chi connectivity index (χ2n) is 5.63. The van der Waals surface area contributed by atoms with Crippen LogP contribution in [0.1, 0.15) is 23.2 Å². The van der Waals surface area contributed by atoms with Gasteiger partial charge in [0.15, 0.2) is 0 Å².